The zero-order valence-corrected chi connectivity index (χ0v) is 71.1. The fourth-order valence-corrected chi connectivity index (χ4v) is 17.1. The molecule has 2 saturated heterocycles. The molecule has 2 heterocycles. The van der Waals surface area contributed by atoms with E-state index in [0.717, 1.165) is 106 Å². The van der Waals surface area contributed by atoms with Crippen LogP contribution in [0.1, 0.15) is 204 Å². The van der Waals surface area contributed by atoms with E-state index in [-0.39, 0.29) is 0 Å². The highest BCUT2D eigenvalue weighted by atomic mass is 16.7. The van der Waals surface area contributed by atoms with E-state index in [1.165, 1.54) is 139 Å². The van der Waals surface area contributed by atoms with Crippen LogP contribution in [-0.4, -0.2) is 36.6 Å². The Morgan fingerprint density at radius 2 is 0.554 bits per heavy atom. The largest absolute Gasteiger partial charge is 0.494 e. The zero-order valence-electron chi connectivity index (χ0n) is 71.1. The van der Waals surface area contributed by atoms with Gasteiger partial charge in [0.2, 0.25) is 0 Å². The van der Waals surface area contributed by atoms with Gasteiger partial charge in [0.1, 0.15) is 0 Å². The van der Waals surface area contributed by atoms with Crippen molar-refractivity contribution < 1.29 is 18.6 Å². The van der Waals surface area contributed by atoms with Crippen LogP contribution in [0.3, 0.4) is 0 Å². The third kappa shape index (κ3) is 17.7. The van der Waals surface area contributed by atoms with E-state index in [1.807, 2.05) is 0 Å². The van der Waals surface area contributed by atoms with E-state index in [2.05, 4.69) is 367 Å². The van der Waals surface area contributed by atoms with Crippen LogP contribution in [0.5, 0.6) is 0 Å². The standard InChI is InChI=1S/C104H122B2N2O4/c1-21-23-25-27-29-85-67-98(96-58-56-94(66-72(96)8)108(92-53-41-84(42-54-92)100-75(11)63-78(60-70(5)6)64-76(100)12)90-49-37-82(38-50-90)80-33-45-88(46-34-80)106-111-103(17,18)104(19,20)112-106)86(30-28-26-24-22-2)68-97(85)95-57-55-93(65-71(95)7)107(91-51-39-83(40-52-91)99-73(9)61-77(59-69(3)4)62-74(99)10)89-47-35-81(36-48-89)79-31-43-87(44-32-79)105-109-101(13,14)102(15,16)110-105/h31-58,61-70H,21-30,59-60H2,1-20H3. The van der Waals surface area contributed by atoms with Crippen molar-refractivity contribution in [2.45, 2.75) is 238 Å². The monoisotopic (exact) mass is 1480 g/mol. The van der Waals surface area contributed by atoms with Gasteiger partial charge in [-0.25, -0.2) is 0 Å². The maximum atomic E-state index is 6.45. The Morgan fingerprint density at radius 3 is 0.821 bits per heavy atom. The second-order valence-corrected chi connectivity index (χ2v) is 35.5. The van der Waals surface area contributed by atoms with E-state index in [1.54, 1.807) is 0 Å². The summed E-state index contributed by atoms with van der Waals surface area (Å²) < 4.78 is 25.8. The molecule has 0 saturated carbocycles. The van der Waals surface area contributed by atoms with Crippen molar-refractivity contribution in [3.63, 3.8) is 0 Å². The highest BCUT2D eigenvalue weighted by molar-refractivity contribution is 6.62. The molecule has 578 valence electrons. The summed E-state index contributed by atoms with van der Waals surface area (Å²) in [6.45, 7) is 44.5. The molecule has 0 unspecified atom stereocenters. The Bertz CT molecular complexity index is 4690. The summed E-state index contributed by atoms with van der Waals surface area (Å²) in [5.74, 6) is 1.20. The zero-order chi connectivity index (χ0) is 79.6. The smallest absolute Gasteiger partial charge is 0.399 e. The first-order valence-corrected chi connectivity index (χ1v) is 42.0. The van der Waals surface area contributed by atoms with Crippen LogP contribution in [0.2, 0.25) is 0 Å². The maximum absolute atomic E-state index is 6.45. The molecule has 0 atom stereocenters. The van der Waals surface area contributed by atoms with Crippen molar-refractivity contribution in [1.29, 1.82) is 0 Å². The predicted octanol–water partition coefficient (Wildman–Crippen LogP) is 27.7. The minimum Gasteiger partial charge on any atom is -0.399 e. The molecule has 0 spiro atoms. The van der Waals surface area contributed by atoms with Crippen LogP contribution < -0.4 is 20.7 Å². The summed E-state index contributed by atoms with van der Waals surface area (Å²) in [6.07, 6.45) is 13.7. The first-order valence-electron chi connectivity index (χ1n) is 42.0. The molecule has 112 heavy (non-hydrogen) atoms. The number of hydrogen-bond donors (Lipinski definition) is 0. The van der Waals surface area contributed by atoms with E-state index in [0.29, 0.717) is 11.8 Å². The minimum atomic E-state index is -0.410. The lowest BCUT2D eigenvalue weighted by Gasteiger charge is -2.32. The van der Waals surface area contributed by atoms with Crippen molar-refractivity contribution in [2.24, 2.45) is 11.8 Å². The van der Waals surface area contributed by atoms with Gasteiger partial charge in [-0.05, 0) is 353 Å². The molecule has 8 heteroatoms. The van der Waals surface area contributed by atoms with Crippen LogP contribution in [-0.2, 0) is 44.3 Å². The molecule has 13 rings (SSSR count). The summed E-state index contributed by atoms with van der Waals surface area (Å²) in [5, 5.41) is 0. The second kappa shape index (κ2) is 34.0. The van der Waals surface area contributed by atoms with E-state index < -0.39 is 36.6 Å². The van der Waals surface area contributed by atoms with E-state index in [4.69, 9.17) is 18.6 Å². The normalized spacial score (nSPS) is 14.9. The van der Waals surface area contributed by atoms with E-state index in [9.17, 15) is 0 Å². The summed E-state index contributed by atoms with van der Waals surface area (Å²) in [7, 11) is -0.819. The van der Waals surface area contributed by atoms with Crippen LogP contribution >= 0.6 is 0 Å². The molecular weight excluding hydrogens is 1360 g/mol. The summed E-state index contributed by atoms with van der Waals surface area (Å²) in [5.41, 5.74) is 35.5. The maximum Gasteiger partial charge on any atom is 0.494 e. The van der Waals surface area contributed by atoms with E-state index >= 15 is 0 Å². The third-order valence-corrected chi connectivity index (χ3v) is 24.5. The highest BCUT2D eigenvalue weighted by Crippen LogP contribution is 2.46. The average Bonchev–Trinajstić information content (AvgIpc) is 1.81. The predicted molar refractivity (Wildman–Crippen MR) is 481 cm³/mol. The highest BCUT2D eigenvalue weighted by Gasteiger charge is 2.53. The Kier molecular flexibility index (Phi) is 24.6. The van der Waals surface area contributed by atoms with Gasteiger partial charge < -0.3 is 28.4 Å². The Balaban J connectivity index is 0.868. The molecule has 2 fully saturated rings. The molecule has 0 bridgehead atoms. The summed E-state index contributed by atoms with van der Waals surface area (Å²) in [6, 6.07) is 83.5. The van der Waals surface area contributed by atoms with Gasteiger partial charge in [-0.3, -0.25) is 0 Å². The van der Waals surface area contributed by atoms with Crippen molar-refractivity contribution >= 4 is 59.3 Å². The van der Waals surface area contributed by atoms with Crippen molar-refractivity contribution in [3.05, 3.63) is 274 Å². The fraction of sp³-hybridized carbons (Fsp3) is 0.365. The van der Waals surface area contributed by atoms with Crippen LogP contribution in [0.4, 0.5) is 34.1 Å². The average molecular weight is 1490 g/mol. The number of hydrogen-bond acceptors (Lipinski definition) is 6. The third-order valence-electron chi connectivity index (χ3n) is 24.5. The molecule has 0 N–H and O–H groups in total. The Morgan fingerprint density at radius 1 is 0.286 bits per heavy atom. The van der Waals surface area contributed by atoms with Crippen molar-refractivity contribution in [3.8, 4) is 66.8 Å². The number of anilines is 6. The fourth-order valence-electron chi connectivity index (χ4n) is 17.1. The number of benzene rings is 11. The number of rotatable bonds is 28. The molecule has 2 aliphatic rings. The van der Waals surface area contributed by atoms with Crippen LogP contribution in [0.15, 0.2) is 218 Å². The topological polar surface area (TPSA) is 43.4 Å². The quantitative estimate of drug-likeness (QED) is 0.0360. The summed E-state index contributed by atoms with van der Waals surface area (Å²) in [4.78, 5) is 4.89. The lowest BCUT2D eigenvalue weighted by Crippen LogP contribution is -2.41. The molecular formula is C104H122B2N2O4. The van der Waals surface area contributed by atoms with Gasteiger partial charge in [0.25, 0.3) is 0 Å². The Hall–Kier alpha value is -9.01. The molecule has 11 aromatic carbocycles. The lowest BCUT2D eigenvalue weighted by atomic mass is 9.78. The first-order chi connectivity index (χ1) is 53.5. The second-order valence-electron chi connectivity index (χ2n) is 35.5. The number of nitrogens with zero attached hydrogens (tertiary/aromatic N) is 2. The molecule has 0 aromatic heterocycles. The Labute approximate surface area is 674 Å². The number of aryl methyl sites for hydroxylation is 8. The molecule has 2 aliphatic heterocycles. The lowest BCUT2D eigenvalue weighted by molar-refractivity contribution is 0.00578. The van der Waals surface area contributed by atoms with Crippen LogP contribution in [0, 0.1) is 53.4 Å². The van der Waals surface area contributed by atoms with Gasteiger partial charge in [-0.1, -0.05) is 226 Å². The van der Waals surface area contributed by atoms with Crippen molar-refractivity contribution in [2.75, 3.05) is 9.80 Å². The van der Waals surface area contributed by atoms with Gasteiger partial charge in [-0.15, -0.1) is 0 Å². The molecule has 11 aromatic rings. The first kappa shape index (κ1) is 81.0. The minimum absolute atomic E-state index is 0.406. The molecule has 0 aliphatic carbocycles. The molecule has 6 nitrogen and oxygen atoms in total. The van der Waals surface area contributed by atoms with Gasteiger partial charge in [-0.2, -0.15) is 0 Å². The SMILES string of the molecule is CCCCCCc1cc(-c2ccc(N(c3ccc(-c4ccc(B5OC(C)(C)C(C)(C)O5)cc4)cc3)c3ccc(-c4c(C)cc(CC(C)C)cc4C)cc3)cc2C)c(CCCCCC)cc1-c1ccc(N(c2ccc(-c3ccc(B4OC(C)(C)C(C)(C)O4)cc3)cc2)c2ccc(-c3c(C)cc(CC(C)C)cc3C)cc2)cc1C. The van der Waals surface area contributed by atoms with Crippen molar-refractivity contribution in [1.82, 2.24) is 0 Å². The van der Waals surface area contributed by atoms with Gasteiger partial charge in [0, 0.05) is 34.1 Å². The number of unbranched alkanes of at least 4 members (excludes halogenated alkanes) is 6. The van der Waals surface area contributed by atoms with Crippen LogP contribution in [0.25, 0.3) is 66.8 Å². The van der Waals surface area contributed by atoms with Gasteiger partial charge >= 0.3 is 14.2 Å². The van der Waals surface area contributed by atoms with Gasteiger partial charge in [0.15, 0.2) is 0 Å². The summed E-state index contributed by atoms with van der Waals surface area (Å²) >= 11 is 0. The van der Waals surface area contributed by atoms with Gasteiger partial charge in [0.05, 0.1) is 22.4 Å². The molecule has 0 amide bonds. The molecule has 0 radical (unpaired) electrons.